The molecule has 0 saturated heterocycles. The van der Waals surface area contributed by atoms with Crippen LogP contribution in [0.25, 0.3) is 0 Å². The molecule has 9 heavy (non-hydrogen) atoms. The van der Waals surface area contributed by atoms with Gasteiger partial charge in [0.15, 0.2) is 5.76 Å². The van der Waals surface area contributed by atoms with Gasteiger partial charge >= 0.3 is 0 Å². The van der Waals surface area contributed by atoms with Crippen LogP contribution >= 0.6 is 0 Å². The van der Waals surface area contributed by atoms with Crippen LogP contribution in [0.3, 0.4) is 0 Å². The van der Waals surface area contributed by atoms with Crippen LogP contribution in [0.15, 0.2) is 24.2 Å². The number of aldehydes is 1. The molecule has 0 unspecified atom stereocenters. The summed E-state index contributed by atoms with van der Waals surface area (Å²) in [6.45, 7) is 0. The Labute approximate surface area is 51.6 Å². The van der Waals surface area contributed by atoms with Gasteiger partial charge in [-0.15, -0.1) is 0 Å². The first kappa shape index (κ1) is 5.75. The van der Waals surface area contributed by atoms with E-state index >= 15 is 0 Å². The molecule has 0 N–H and O–H groups in total. The molecule has 1 aliphatic heterocycles. The summed E-state index contributed by atoms with van der Waals surface area (Å²) in [6, 6.07) is 0. The third-order valence-corrected chi connectivity index (χ3v) is 0.877. The van der Waals surface area contributed by atoms with Crippen molar-refractivity contribution < 1.29 is 14.3 Å². The summed E-state index contributed by atoms with van der Waals surface area (Å²) < 4.78 is 4.61. The van der Waals surface area contributed by atoms with Crippen LogP contribution in [-0.4, -0.2) is 12.1 Å². The summed E-state index contributed by atoms with van der Waals surface area (Å²) in [7, 11) is 0. The Morgan fingerprint density at radius 1 is 1.56 bits per heavy atom. The van der Waals surface area contributed by atoms with E-state index in [0.717, 1.165) is 6.08 Å². The molecule has 3 heteroatoms. The van der Waals surface area contributed by atoms with Gasteiger partial charge in [-0.1, -0.05) is 0 Å². The van der Waals surface area contributed by atoms with Gasteiger partial charge in [0.1, 0.15) is 6.29 Å². The summed E-state index contributed by atoms with van der Waals surface area (Å²) in [5, 5.41) is 0. The first-order valence-corrected chi connectivity index (χ1v) is 2.37. The van der Waals surface area contributed by atoms with E-state index in [1.807, 2.05) is 0 Å². The zero-order chi connectivity index (χ0) is 6.69. The maximum atomic E-state index is 10.5. The van der Waals surface area contributed by atoms with Gasteiger partial charge < -0.3 is 4.74 Å². The van der Waals surface area contributed by atoms with E-state index in [9.17, 15) is 9.59 Å². The maximum absolute atomic E-state index is 10.5. The minimum absolute atomic E-state index is 0.0880. The molecule has 0 bridgehead atoms. The Kier molecular flexibility index (Phi) is 1.44. The molecule has 0 aliphatic carbocycles. The average Bonchev–Trinajstić information content (AvgIpc) is 2.18. The number of ketones is 1. The number of allylic oxidation sites excluding steroid dienone is 2. The highest BCUT2D eigenvalue weighted by molar-refractivity contribution is 6.05. The van der Waals surface area contributed by atoms with Gasteiger partial charge in [-0.25, -0.2) is 0 Å². The van der Waals surface area contributed by atoms with Gasteiger partial charge in [0.05, 0.1) is 6.26 Å². The second-order valence-electron chi connectivity index (χ2n) is 1.45. The molecule has 0 amide bonds. The van der Waals surface area contributed by atoms with Crippen LogP contribution in [0.4, 0.5) is 0 Å². The van der Waals surface area contributed by atoms with Crippen molar-refractivity contribution in [3.05, 3.63) is 24.2 Å². The fourth-order valence-corrected chi connectivity index (χ4v) is 0.493. The molecule has 0 radical (unpaired) electrons. The number of carbonyl (C=O) groups excluding carboxylic acids is 2. The molecule has 1 rings (SSSR count). The van der Waals surface area contributed by atoms with E-state index in [4.69, 9.17) is 0 Å². The van der Waals surface area contributed by atoms with Crippen molar-refractivity contribution in [1.82, 2.24) is 0 Å². The topological polar surface area (TPSA) is 43.4 Å². The average molecular weight is 124 g/mol. The molecule has 0 atom stereocenters. The minimum Gasteiger partial charge on any atom is -0.461 e. The van der Waals surface area contributed by atoms with E-state index in [-0.39, 0.29) is 11.5 Å². The molecule has 0 fully saturated rings. The Bertz CT molecular complexity index is 200. The summed E-state index contributed by atoms with van der Waals surface area (Å²) in [5.41, 5.74) is 0. The lowest BCUT2D eigenvalue weighted by atomic mass is 10.3. The molecule has 0 saturated carbocycles. The van der Waals surface area contributed by atoms with Crippen LogP contribution in [0.1, 0.15) is 0 Å². The van der Waals surface area contributed by atoms with Crippen molar-refractivity contribution in [2.24, 2.45) is 0 Å². The number of hydrogen-bond donors (Lipinski definition) is 0. The predicted octanol–water partition coefficient (Wildman–Crippen LogP) is 0.182. The molecule has 3 nitrogen and oxygen atoms in total. The lowest BCUT2D eigenvalue weighted by Crippen LogP contribution is -1.92. The SMILES string of the molecule is O=CC=C1OC=CC1=O. The van der Waals surface area contributed by atoms with Crippen molar-refractivity contribution in [2.45, 2.75) is 0 Å². The van der Waals surface area contributed by atoms with Crippen molar-refractivity contribution >= 4 is 12.1 Å². The second kappa shape index (κ2) is 2.26. The lowest BCUT2D eigenvalue weighted by molar-refractivity contribution is -0.113. The number of carbonyl (C=O) groups is 2. The van der Waals surface area contributed by atoms with E-state index in [2.05, 4.69) is 4.74 Å². The molecule has 0 spiro atoms. The normalized spacial score (nSPS) is 20.4. The fourth-order valence-electron chi connectivity index (χ4n) is 0.493. The highest BCUT2D eigenvalue weighted by Crippen LogP contribution is 2.06. The zero-order valence-electron chi connectivity index (χ0n) is 4.53. The largest absolute Gasteiger partial charge is 0.461 e. The van der Waals surface area contributed by atoms with Gasteiger partial charge in [0.25, 0.3) is 0 Å². The molecule has 46 valence electrons. The minimum atomic E-state index is -0.262. The third kappa shape index (κ3) is 1.05. The molecule has 0 aromatic heterocycles. The fraction of sp³-hybridized carbons (Fsp3) is 0. The maximum Gasteiger partial charge on any atom is 0.224 e. The monoisotopic (exact) mass is 124 g/mol. The molecule has 0 aromatic rings. The van der Waals surface area contributed by atoms with E-state index in [1.54, 1.807) is 0 Å². The highest BCUT2D eigenvalue weighted by atomic mass is 16.5. The first-order chi connectivity index (χ1) is 4.34. The van der Waals surface area contributed by atoms with Gasteiger partial charge in [-0.3, -0.25) is 9.59 Å². The van der Waals surface area contributed by atoms with Crippen molar-refractivity contribution in [3.63, 3.8) is 0 Å². The molecule has 0 aromatic carbocycles. The Hall–Kier alpha value is -1.38. The van der Waals surface area contributed by atoms with Gasteiger partial charge in [0.2, 0.25) is 5.78 Å². The van der Waals surface area contributed by atoms with Crippen LogP contribution in [-0.2, 0) is 14.3 Å². The first-order valence-electron chi connectivity index (χ1n) is 2.37. The van der Waals surface area contributed by atoms with Gasteiger partial charge in [0, 0.05) is 12.2 Å². The third-order valence-electron chi connectivity index (χ3n) is 0.877. The Balaban J connectivity index is 2.77. The Morgan fingerprint density at radius 3 is 2.78 bits per heavy atom. The number of rotatable bonds is 1. The summed E-state index contributed by atoms with van der Waals surface area (Å²) in [6.07, 6.45) is 4.11. The Morgan fingerprint density at radius 2 is 2.33 bits per heavy atom. The smallest absolute Gasteiger partial charge is 0.224 e. The van der Waals surface area contributed by atoms with Gasteiger partial charge in [-0.05, 0) is 0 Å². The van der Waals surface area contributed by atoms with Crippen LogP contribution in [0, 0.1) is 0 Å². The predicted molar refractivity (Wildman–Crippen MR) is 29.4 cm³/mol. The quantitative estimate of drug-likeness (QED) is 0.370. The van der Waals surface area contributed by atoms with Crippen LogP contribution in [0.2, 0.25) is 0 Å². The van der Waals surface area contributed by atoms with Crippen molar-refractivity contribution in [3.8, 4) is 0 Å². The number of hydrogen-bond acceptors (Lipinski definition) is 3. The van der Waals surface area contributed by atoms with Gasteiger partial charge in [-0.2, -0.15) is 0 Å². The highest BCUT2D eigenvalue weighted by Gasteiger charge is 2.11. The molecular formula is C6H4O3. The van der Waals surface area contributed by atoms with Crippen LogP contribution < -0.4 is 0 Å². The van der Waals surface area contributed by atoms with E-state index in [1.165, 1.54) is 12.3 Å². The second-order valence-corrected chi connectivity index (χ2v) is 1.45. The summed E-state index contributed by atoms with van der Waals surface area (Å²) >= 11 is 0. The zero-order valence-corrected chi connectivity index (χ0v) is 4.53. The summed E-state index contributed by atoms with van der Waals surface area (Å²) in [5.74, 6) is -0.174. The number of ether oxygens (including phenoxy) is 1. The van der Waals surface area contributed by atoms with E-state index in [0.29, 0.717) is 6.29 Å². The van der Waals surface area contributed by atoms with Crippen LogP contribution in [0.5, 0.6) is 0 Å². The van der Waals surface area contributed by atoms with Crippen molar-refractivity contribution in [2.75, 3.05) is 0 Å². The lowest BCUT2D eigenvalue weighted by Gasteiger charge is -1.88. The molecule has 1 heterocycles. The molecule has 1 aliphatic rings. The molecular weight excluding hydrogens is 120 g/mol. The summed E-state index contributed by atoms with van der Waals surface area (Å²) in [4.78, 5) is 20.3. The van der Waals surface area contributed by atoms with E-state index < -0.39 is 0 Å². The van der Waals surface area contributed by atoms with Crippen molar-refractivity contribution in [1.29, 1.82) is 0 Å². The standard InChI is InChI=1S/C6H4O3/c7-3-1-6-5(8)2-4-9-6/h1-4H.